The number of benzene rings is 1. The molecule has 114 valence electrons. The van der Waals surface area contributed by atoms with Crippen LogP contribution in [0, 0.1) is 10.1 Å². The molecule has 0 aromatic heterocycles. The Hall–Kier alpha value is -1.96. The summed E-state index contributed by atoms with van der Waals surface area (Å²) in [5, 5.41) is 11.1. The van der Waals surface area contributed by atoms with Crippen molar-refractivity contribution in [3.05, 3.63) is 33.9 Å². The monoisotopic (exact) mass is 312 g/mol. The van der Waals surface area contributed by atoms with Crippen molar-refractivity contribution in [1.82, 2.24) is 0 Å². The van der Waals surface area contributed by atoms with Crippen LogP contribution < -0.4 is 4.90 Å². The Bertz CT molecular complexity index is 699. The second-order valence-electron chi connectivity index (χ2n) is 5.18. The smallest absolute Gasteiger partial charge is 0.282 e. The molecule has 7 nitrogen and oxygen atoms in total. The lowest BCUT2D eigenvalue weighted by Gasteiger charge is -2.25. The van der Waals surface area contributed by atoms with E-state index in [4.69, 9.17) is 0 Å². The van der Waals surface area contributed by atoms with Crippen molar-refractivity contribution in [1.29, 1.82) is 0 Å². The molecule has 0 spiro atoms. The third-order valence-electron chi connectivity index (χ3n) is 3.72. The molecule has 0 N–H and O–H groups in total. The molecule has 0 amide bonds. The van der Waals surface area contributed by atoms with Crippen LogP contribution in [0.3, 0.4) is 0 Å². The number of nitrogens with zero attached hydrogens (tertiary/aromatic N) is 2. The molecule has 2 rings (SSSR count). The summed E-state index contributed by atoms with van der Waals surface area (Å²) >= 11 is 0. The summed E-state index contributed by atoms with van der Waals surface area (Å²) < 4.78 is 23.0. The summed E-state index contributed by atoms with van der Waals surface area (Å²) in [6.07, 6.45) is 0.501. The summed E-state index contributed by atoms with van der Waals surface area (Å²) in [6, 6.07) is 4.14. The van der Waals surface area contributed by atoms with E-state index in [0.717, 1.165) is 0 Å². The van der Waals surface area contributed by atoms with Gasteiger partial charge in [0.05, 0.1) is 22.0 Å². The van der Waals surface area contributed by atoms with Crippen molar-refractivity contribution in [3.8, 4) is 0 Å². The number of hydrogen-bond acceptors (Lipinski definition) is 6. The van der Waals surface area contributed by atoms with Crippen LogP contribution in [0.5, 0.6) is 0 Å². The summed E-state index contributed by atoms with van der Waals surface area (Å²) in [6.45, 7) is 1.27. The average molecular weight is 312 g/mol. The fraction of sp³-hybridized carbons (Fsp3) is 0.462. The zero-order chi connectivity index (χ0) is 15.8. The highest BCUT2D eigenvalue weighted by atomic mass is 32.2. The molecule has 1 heterocycles. The van der Waals surface area contributed by atoms with Gasteiger partial charge in [-0.3, -0.25) is 14.9 Å². The summed E-state index contributed by atoms with van der Waals surface area (Å²) in [4.78, 5) is 23.6. The molecule has 1 unspecified atom stereocenters. The minimum absolute atomic E-state index is 0.0474. The number of rotatable bonds is 4. The molecule has 1 aromatic rings. The number of carbonyl (C=O) groups excluding carboxylic acids is 1. The Balaban J connectivity index is 2.35. The molecule has 1 fully saturated rings. The van der Waals surface area contributed by atoms with Gasteiger partial charge < -0.3 is 4.90 Å². The van der Waals surface area contributed by atoms with Gasteiger partial charge >= 0.3 is 0 Å². The number of ketones is 1. The normalized spacial score (nSPS) is 20.2. The fourth-order valence-corrected chi connectivity index (χ4v) is 4.25. The summed E-state index contributed by atoms with van der Waals surface area (Å²) in [5.74, 6) is -0.194. The summed E-state index contributed by atoms with van der Waals surface area (Å²) in [7, 11) is -1.32. The van der Waals surface area contributed by atoms with Crippen LogP contribution in [0.1, 0.15) is 23.7 Å². The van der Waals surface area contributed by atoms with Crippen LogP contribution in [-0.4, -0.2) is 43.7 Å². The van der Waals surface area contributed by atoms with Gasteiger partial charge in [-0.1, -0.05) is 0 Å². The standard InChI is InChI=1S/C13H16N2O5S/c1-9(16)12-4-3-10(7-13(12)15(17)18)14(2)11-5-6-21(19,20)8-11/h3-4,7,11H,5-6,8H2,1-2H3. The summed E-state index contributed by atoms with van der Waals surface area (Å²) in [5.41, 5.74) is 0.331. The molecule has 0 bridgehead atoms. The van der Waals surface area contributed by atoms with E-state index in [-0.39, 0.29) is 34.6 Å². The van der Waals surface area contributed by atoms with E-state index in [1.165, 1.54) is 19.1 Å². The van der Waals surface area contributed by atoms with Crippen LogP contribution in [0.15, 0.2) is 18.2 Å². The third-order valence-corrected chi connectivity index (χ3v) is 5.47. The van der Waals surface area contributed by atoms with Gasteiger partial charge in [0.2, 0.25) is 0 Å². The van der Waals surface area contributed by atoms with Crippen LogP contribution in [0.25, 0.3) is 0 Å². The molecule has 1 aromatic carbocycles. The van der Waals surface area contributed by atoms with E-state index in [1.807, 2.05) is 0 Å². The fourth-order valence-electron chi connectivity index (χ4n) is 2.48. The second-order valence-corrected chi connectivity index (χ2v) is 7.41. The first kappa shape index (κ1) is 15.4. The van der Waals surface area contributed by atoms with E-state index >= 15 is 0 Å². The van der Waals surface area contributed by atoms with E-state index in [9.17, 15) is 23.3 Å². The number of nitro groups is 1. The van der Waals surface area contributed by atoms with E-state index in [0.29, 0.717) is 12.1 Å². The Labute approximate surface area is 122 Å². The predicted octanol–water partition coefficient (Wildman–Crippen LogP) is 1.42. The Morgan fingerprint density at radius 1 is 1.43 bits per heavy atom. The molecule has 1 aliphatic heterocycles. The maximum Gasteiger partial charge on any atom is 0.282 e. The number of Topliss-reactive ketones (excluding diaryl/α,β-unsaturated/α-hetero) is 1. The van der Waals surface area contributed by atoms with Crippen LogP contribution in [0.2, 0.25) is 0 Å². The van der Waals surface area contributed by atoms with Gasteiger partial charge in [-0.05, 0) is 25.5 Å². The number of nitro benzene ring substituents is 1. The Kier molecular flexibility index (Phi) is 3.99. The molecule has 1 saturated heterocycles. The molecule has 1 atom stereocenters. The Morgan fingerprint density at radius 3 is 2.57 bits per heavy atom. The molecule has 1 aliphatic rings. The predicted molar refractivity (Wildman–Crippen MR) is 78.6 cm³/mol. The van der Waals surface area contributed by atoms with E-state index in [2.05, 4.69) is 0 Å². The van der Waals surface area contributed by atoms with Gasteiger partial charge in [0.25, 0.3) is 5.69 Å². The lowest BCUT2D eigenvalue weighted by Crippen LogP contribution is -2.32. The van der Waals surface area contributed by atoms with Gasteiger partial charge in [0.15, 0.2) is 15.6 Å². The quantitative estimate of drug-likeness (QED) is 0.474. The topological polar surface area (TPSA) is 97.6 Å². The van der Waals surface area contributed by atoms with E-state index < -0.39 is 14.8 Å². The lowest BCUT2D eigenvalue weighted by atomic mass is 10.1. The van der Waals surface area contributed by atoms with Crippen molar-refractivity contribution in [2.75, 3.05) is 23.5 Å². The zero-order valence-electron chi connectivity index (χ0n) is 11.8. The minimum Gasteiger partial charge on any atom is -0.370 e. The van der Waals surface area contributed by atoms with Gasteiger partial charge in [0, 0.05) is 24.8 Å². The van der Waals surface area contributed by atoms with Crippen molar-refractivity contribution < 1.29 is 18.1 Å². The van der Waals surface area contributed by atoms with Gasteiger partial charge in [-0.2, -0.15) is 0 Å². The van der Waals surface area contributed by atoms with Crippen molar-refractivity contribution in [3.63, 3.8) is 0 Å². The molecule has 0 aliphatic carbocycles. The van der Waals surface area contributed by atoms with Crippen LogP contribution in [-0.2, 0) is 9.84 Å². The van der Waals surface area contributed by atoms with Gasteiger partial charge in [-0.25, -0.2) is 8.42 Å². The Morgan fingerprint density at radius 2 is 2.10 bits per heavy atom. The van der Waals surface area contributed by atoms with Crippen molar-refractivity contribution in [2.24, 2.45) is 0 Å². The molecule has 0 saturated carbocycles. The second kappa shape index (κ2) is 5.44. The molecule has 0 radical (unpaired) electrons. The highest BCUT2D eigenvalue weighted by molar-refractivity contribution is 7.91. The molecule has 8 heteroatoms. The highest BCUT2D eigenvalue weighted by Crippen LogP contribution is 2.28. The van der Waals surface area contributed by atoms with Crippen LogP contribution >= 0.6 is 0 Å². The number of carbonyl (C=O) groups is 1. The number of sulfone groups is 1. The van der Waals surface area contributed by atoms with Crippen molar-refractivity contribution >= 4 is 27.0 Å². The van der Waals surface area contributed by atoms with Gasteiger partial charge in [-0.15, -0.1) is 0 Å². The average Bonchev–Trinajstić information content (AvgIpc) is 2.77. The molecule has 21 heavy (non-hydrogen) atoms. The SMILES string of the molecule is CC(=O)c1ccc(N(C)C2CCS(=O)(=O)C2)cc1[N+](=O)[O-]. The zero-order valence-corrected chi connectivity index (χ0v) is 12.6. The van der Waals surface area contributed by atoms with Crippen molar-refractivity contribution in [2.45, 2.75) is 19.4 Å². The molecular formula is C13H16N2O5S. The van der Waals surface area contributed by atoms with E-state index in [1.54, 1.807) is 18.0 Å². The lowest BCUT2D eigenvalue weighted by molar-refractivity contribution is -0.385. The first-order valence-electron chi connectivity index (χ1n) is 6.44. The maximum atomic E-state index is 11.5. The third kappa shape index (κ3) is 3.21. The molecular weight excluding hydrogens is 296 g/mol. The number of hydrogen-bond donors (Lipinski definition) is 0. The minimum atomic E-state index is -3.03. The first-order valence-corrected chi connectivity index (χ1v) is 8.26. The highest BCUT2D eigenvalue weighted by Gasteiger charge is 2.31. The first-order chi connectivity index (χ1) is 9.71. The van der Waals surface area contributed by atoms with Crippen LogP contribution in [0.4, 0.5) is 11.4 Å². The van der Waals surface area contributed by atoms with Gasteiger partial charge in [0.1, 0.15) is 0 Å². The maximum absolute atomic E-state index is 11.5. The number of anilines is 1. The largest absolute Gasteiger partial charge is 0.370 e.